The second-order valence-electron chi connectivity index (χ2n) is 9.13. The Morgan fingerprint density at radius 2 is 1.89 bits per heavy atom. The second-order valence-corrected chi connectivity index (χ2v) is 9.13. The molecule has 1 radical (unpaired) electrons. The van der Waals surface area contributed by atoms with E-state index in [0.29, 0.717) is 5.69 Å². The number of aryl methyl sites for hydroxylation is 1. The van der Waals surface area contributed by atoms with Crippen molar-refractivity contribution in [1.29, 1.82) is 0 Å². The van der Waals surface area contributed by atoms with E-state index in [1.807, 2.05) is 47.0 Å². The number of nitrogens with zero attached hydrogens (tertiary/aromatic N) is 4. The van der Waals surface area contributed by atoms with Gasteiger partial charge in [0.25, 0.3) is 0 Å². The topological polar surface area (TPSA) is 98.2 Å². The van der Waals surface area contributed by atoms with Gasteiger partial charge in [-0.15, -0.1) is 23.6 Å². The van der Waals surface area contributed by atoms with Crippen molar-refractivity contribution in [2.75, 3.05) is 12.8 Å². The Morgan fingerprint density at radius 3 is 2.64 bits per heavy atom. The van der Waals surface area contributed by atoms with Crippen molar-refractivity contribution in [3.8, 4) is 22.5 Å². The van der Waals surface area contributed by atoms with Crippen molar-refractivity contribution < 1.29 is 37.5 Å². The van der Waals surface area contributed by atoms with Crippen molar-refractivity contribution in [3.63, 3.8) is 0 Å². The number of imidazole rings is 1. The molecule has 0 spiro atoms. The fourth-order valence-corrected chi connectivity index (χ4v) is 5.04. The minimum Gasteiger partial charge on any atom is -0.397 e. The molecule has 6 rings (SSSR count). The number of hydrogen-bond acceptors (Lipinski definition) is 5. The zero-order valence-corrected chi connectivity index (χ0v) is 23.0. The smallest absolute Gasteiger partial charge is 0.222 e. The first kappa shape index (κ1) is 24.5. The minimum absolute atomic E-state index is 0. The molecular weight excluding hydrogens is 525 g/mol. The summed E-state index contributed by atoms with van der Waals surface area (Å²) in [6.07, 6.45) is 3.20. The van der Waals surface area contributed by atoms with E-state index >= 15 is 0 Å². The summed E-state index contributed by atoms with van der Waals surface area (Å²) < 4.78 is 1.85. The molecule has 0 saturated heterocycles. The molecule has 1 aliphatic rings. The van der Waals surface area contributed by atoms with Crippen molar-refractivity contribution in [2.45, 2.75) is 25.7 Å². The third-order valence-electron chi connectivity index (χ3n) is 7.06. The van der Waals surface area contributed by atoms with E-state index in [0.717, 1.165) is 63.2 Å². The number of carbonyl (C=O) groups is 1. The van der Waals surface area contributed by atoms with Gasteiger partial charge in [0, 0.05) is 51.6 Å². The molecule has 8 heteroatoms. The molecule has 1 saturated carbocycles. The zero-order chi connectivity index (χ0) is 24.1. The zero-order valence-electron chi connectivity index (χ0n) is 20.2. The fourth-order valence-electron chi connectivity index (χ4n) is 5.04. The summed E-state index contributed by atoms with van der Waals surface area (Å²) in [4.78, 5) is 22.1. The maximum Gasteiger partial charge on any atom is 0.222 e. The van der Waals surface area contributed by atoms with Crippen LogP contribution in [-0.2, 0) is 37.5 Å². The van der Waals surface area contributed by atoms with Gasteiger partial charge in [0.2, 0.25) is 5.91 Å². The standard InChI is InChI=1S/C28H25N6O.Y/c1-16-21(10-8-18-9-11-23(32-24(16)18)17-6-4-3-5-7-17)25-26-22(29)12-13-31-34(26)27(33-25)19-14-20(15-19)28(35)30-2;/h3-8,10-13,19-20H,14-15,29H2,1-2H3,(H,30,35);/q-1;. The van der Waals surface area contributed by atoms with Crippen LogP contribution in [0.25, 0.3) is 38.9 Å². The first-order chi connectivity index (χ1) is 17.0. The van der Waals surface area contributed by atoms with E-state index in [-0.39, 0.29) is 50.5 Å². The number of nitrogens with one attached hydrogen (secondary N) is 1. The van der Waals surface area contributed by atoms with Gasteiger partial charge < -0.3 is 16.0 Å². The van der Waals surface area contributed by atoms with Gasteiger partial charge in [-0.05, 0) is 48.2 Å². The Labute approximate surface area is 234 Å². The van der Waals surface area contributed by atoms with Crippen molar-refractivity contribution in [2.24, 2.45) is 5.92 Å². The van der Waals surface area contributed by atoms with Gasteiger partial charge in [0.15, 0.2) is 0 Å². The quantitative estimate of drug-likeness (QED) is 0.321. The number of hydrogen-bond donors (Lipinski definition) is 2. The molecule has 177 valence electrons. The molecule has 1 fully saturated rings. The maximum absolute atomic E-state index is 12.0. The molecule has 7 nitrogen and oxygen atoms in total. The summed E-state index contributed by atoms with van der Waals surface area (Å²) in [6.45, 7) is 2.07. The third-order valence-corrected chi connectivity index (χ3v) is 7.06. The Kier molecular flexibility index (Phi) is 6.62. The number of pyridine rings is 1. The largest absolute Gasteiger partial charge is 0.397 e. The van der Waals surface area contributed by atoms with Crippen LogP contribution in [-0.4, -0.2) is 32.5 Å². The van der Waals surface area contributed by atoms with Crippen LogP contribution in [0.3, 0.4) is 0 Å². The summed E-state index contributed by atoms with van der Waals surface area (Å²) >= 11 is 0. The number of nitrogens with two attached hydrogens (primary N) is 1. The average molecular weight is 550 g/mol. The Morgan fingerprint density at radius 1 is 1.11 bits per heavy atom. The van der Waals surface area contributed by atoms with Gasteiger partial charge in [-0.25, -0.2) is 9.50 Å². The summed E-state index contributed by atoms with van der Waals surface area (Å²) in [5.74, 6) is 1.10. The van der Waals surface area contributed by atoms with E-state index in [4.69, 9.17) is 15.7 Å². The van der Waals surface area contributed by atoms with E-state index in [9.17, 15) is 4.79 Å². The fraction of sp³-hybridized carbons (Fsp3) is 0.214. The molecule has 0 aliphatic heterocycles. The number of anilines is 1. The first-order valence-electron chi connectivity index (χ1n) is 11.8. The molecule has 3 N–H and O–H groups in total. The minimum atomic E-state index is 0. The number of rotatable bonds is 4. The van der Waals surface area contributed by atoms with Crippen LogP contribution in [0.2, 0.25) is 0 Å². The van der Waals surface area contributed by atoms with Crippen LogP contribution in [0.4, 0.5) is 5.69 Å². The summed E-state index contributed by atoms with van der Waals surface area (Å²) in [5.41, 5.74) is 13.4. The molecule has 3 heterocycles. The number of carbonyl (C=O) groups excluding carboxylic acids is 1. The molecule has 1 amide bonds. The Balaban J connectivity index is 0.00000267. The average Bonchev–Trinajstić information content (AvgIpc) is 3.24. The van der Waals surface area contributed by atoms with E-state index in [1.165, 1.54) is 0 Å². The van der Waals surface area contributed by atoms with Crippen LogP contribution >= 0.6 is 0 Å². The Bertz CT molecular complexity index is 1590. The maximum atomic E-state index is 12.0. The molecular formula is C28H25N6OY-. The van der Waals surface area contributed by atoms with E-state index < -0.39 is 0 Å². The van der Waals surface area contributed by atoms with Crippen LogP contribution in [0.5, 0.6) is 0 Å². The number of fused-ring (bicyclic) bond motifs is 2. The molecule has 0 bridgehead atoms. The van der Waals surface area contributed by atoms with Crippen LogP contribution in [0.1, 0.15) is 30.1 Å². The van der Waals surface area contributed by atoms with Crippen LogP contribution in [0.15, 0.2) is 60.8 Å². The monoisotopic (exact) mass is 550 g/mol. The normalized spacial score (nSPS) is 16.9. The van der Waals surface area contributed by atoms with Gasteiger partial charge in [-0.3, -0.25) is 4.79 Å². The SMILES string of the molecule is CNC(=O)C1CC(c2nc(-c3ccc4[c-]cc(-c5ccccc5)nc4c3C)c3c(N)ccnn23)C1.[Y]. The van der Waals surface area contributed by atoms with Gasteiger partial charge in [-0.1, -0.05) is 42.0 Å². The molecule has 0 unspecified atom stereocenters. The number of benzene rings is 2. The van der Waals surface area contributed by atoms with Gasteiger partial charge in [0.05, 0.1) is 17.6 Å². The first-order valence-corrected chi connectivity index (χ1v) is 11.8. The van der Waals surface area contributed by atoms with Crippen molar-refractivity contribution in [3.05, 3.63) is 78.2 Å². The number of amides is 1. The van der Waals surface area contributed by atoms with Crippen molar-refractivity contribution >= 4 is 28.0 Å². The van der Waals surface area contributed by atoms with Crippen molar-refractivity contribution in [1.82, 2.24) is 24.9 Å². The van der Waals surface area contributed by atoms with E-state index in [2.05, 4.69) is 29.5 Å². The third kappa shape index (κ3) is 4.00. The molecule has 36 heavy (non-hydrogen) atoms. The summed E-state index contributed by atoms with van der Waals surface area (Å²) in [7, 11) is 1.68. The molecule has 5 aromatic rings. The summed E-state index contributed by atoms with van der Waals surface area (Å²) in [6, 6.07) is 21.3. The number of aromatic nitrogens is 4. The van der Waals surface area contributed by atoms with Gasteiger partial charge in [-0.2, -0.15) is 5.10 Å². The molecule has 2 aromatic carbocycles. The van der Waals surface area contributed by atoms with Gasteiger partial charge in [0.1, 0.15) is 11.3 Å². The second kappa shape index (κ2) is 9.71. The van der Waals surface area contributed by atoms with Crippen LogP contribution in [0, 0.1) is 18.9 Å². The number of nitrogen functional groups attached to an aromatic ring is 1. The van der Waals surface area contributed by atoms with Gasteiger partial charge >= 0.3 is 0 Å². The predicted molar refractivity (Wildman–Crippen MR) is 137 cm³/mol. The van der Waals surface area contributed by atoms with Crippen LogP contribution < -0.4 is 11.1 Å². The predicted octanol–water partition coefficient (Wildman–Crippen LogP) is 4.54. The Hall–Kier alpha value is -3.16. The summed E-state index contributed by atoms with van der Waals surface area (Å²) in [5, 5.41) is 8.28. The van der Waals surface area contributed by atoms with E-state index in [1.54, 1.807) is 19.3 Å². The molecule has 1 aliphatic carbocycles. The molecule has 3 aromatic heterocycles. The molecule has 0 atom stereocenters.